The predicted molar refractivity (Wildman–Crippen MR) is 57.6 cm³/mol. The summed E-state index contributed by atoms with van der Waals surface area (Å²) < 4.78 is 13.7. The van der Waals surface area contributed by atoms with E-state index in [0.29, 0.717) is 4.47 Å². The minimum Gasteiger partial charge on any atom is -0.506 e. The molecule has 0 aliphatic heterocycles. The van der Waals surface area contributed by atoms with Crippen molar-refractivity contribution in [2.45, 2.75) is 19.8 Å². The van der Waals surface area contributed by atoms with Crippen LogP contribution in [0.3, 0.4) is 0 Å². The maximum atomic E-state index is 13.2. The highest BCUT2D eigenvalue weighted by Gasteiger charge is 2.16. The average Bonchev–Trinajstić information content (AvgIpc) is 2.07. The fourth-order valence-electron chi connectivity index (χ4n) is 1.04. The Labute approximate surface area is 93.2 Å². The van der Waals surface area contributed by atoms with Crippen LogP contribution in [0.25, 0.3) is 0 Å². The van der Waals surface area contributed by atoms with Crippen LogP contribution in [0.5, 0.6) is 5.75 Å². The summed E-state index contributed by atoms with van der Waals surface area (Å²) in [6, 6.07) is 1.60. The molecule has 0 saturated carbocycles. The van der Waals surface area contributed by atoms with Crippen LogP contribution in [0.15, 0.2) is 15.0 Å². The number of rotatable bonds is 1. The van der Waals surface area contributed by atoms with E-state index in [1.165, 1.54) is 0 Å². The molecule has 0 saturated heterocycles. The zero-order valence-corrected chi connectivity index (χ0v) is 10.4. The van der Waals surface area contributed by atoms with Gasteiger partial charge in [-0.3, -0.25) is 0 Å². The van der Waals surface area contributed by atoms with E-state index in [1.54, 1.807) is 6.07 Å². The molecule has 0 heterocycles. The molecule has 1 nitrogen and oxygen atoms in total. The molecule has 0 aliphatic rings. The van der Waals surface area contributed by atoms with Crippen LogP contribution >= 0.6 is 31.9 Å². The monoisotopic (exact) mass is 310 g/mol. The molecule has 0 aromatic heterocycles. The van der Waals surface area contributed by atoms with Gasteiger partial charge in [0, 0.05) is 0 Å². The molecule has 1 rings (SSSR count). The van der Waals surface area contributed by atoms with Crippen molar-refractivity contribution in [1.82, 2.24) is 0 Å². The Morgan fingerprint density at radius 1 is 1.38 bits per heavy atom. The third-order valence-corrected chi connectivity index (χ3v) is 3.09. The molecule has 1 aromatic rings. The van der Waals surface area contributed by atoms with Crippen LogP contribution in [-0.4, -0.2) is 5.11 Å². The summed E-state index contributed by atoms with van der Waals surface area (Å²) in [6.07, 6.45) is 0. The van der Waals surface area contributed by atoms with E-state index in [9.17, 15) is 9.50 Å². The van der Waals surface area contributed by atoms with Gasteiger partial charge in [0.2, 0.25) is 0 Å². The molecule has 0 amide bonds. The van der Waals surface area contributed by atoms with Crippen molar-refractivity contribution in [3.05, 3.63) is 26.4 Å². The first-order valence-electron chi connectivity index (χ1n) is 3.81. The summed E-state index contributed by atoms with van der Waals surface area (Å²) in [5, 5.41) is 9.57. The Kier molecular flexibility index (Phi) is 3.35. The second-order valence-corrected chi connectivity index (χ2v) is 4.73. The molecule has 0 fully saturated rings. The molecular weight excluding hydrogens is 303 g/mol. The van der Waals surface area contributed by atoms with E-state index < -0.39 is 5.82 Å². The molecule has 0 unspecified atom stereocenters. The second-order valence-electron chi connectivity index (χ2n) is 3.08. The van der Waals surface area contributed by atoms with E-state index >= 15 is 0 Å². The highest BCUT2D eigenvalue weighted by atomic mass is 79.9. The first-order valence-corrected chi connectivity index (χ1v) is 5.40. The molecule has 1 aromatic carbocycles. The van der Waals surface area contributed by atoms with Crippen molar-refractivity contribution in [2.24, 2.45) is 0 Å². The fourth-order valence-corrected chi connectivity index (χ4v) is 2.20. The van der Waals surface area contributed by atoms with E-state index in [0.717, 1.165) is 5.56 Å². The standard InChI is InChI=1S/C9H9Br2FO/c1-4(2)5-3-6(10)8(12)7(11)9(5)13/h3-4,13H,1-2H3. The number of hydrogen-bond acceptors (Lipinski definition) is 1. The highest BCUT2D eigenvalue weighted by molar-refractivity contribution is 9.11. The maximum absolute atomic E-state index is 13.2. The molecule has 72 valence electrons. The van der Waals surface area contributed by atoms with Gasteiger partial charge in [0.25, 0.3) is 0 Å². The number of aromatic hydroxyl groups is 1. The average molecular weight is 312 g/mol. The Balaban J connectivity index is 3.41. The molecule has 0 radical (unpaired) electrons. The van der Waals surface area contributed by atoms with Crippen molar-refractivity contribution in [1.29, 1.82) is 0 Å². The van der Waals surface area contributed by atoms with Crippen LogP contribution in [0, 0.1) is 5.82 Å². The normalized spacial score (nSPS) is 10.9. The van der Waals surface area contributed by atoms with Gasteiger partial charge in [0.05, 0.1) is 8.95 Å². The first-order chi connectivity index (χ1) is 5.95. The van der Waals surface area contributed by atoms with E-state index in [-0.39, 0.29) is 16.1 Å². The van der Waals surface area contributed by atoms with Gasteiger partial charge in [0.1, 0.15) is 5.75 Å². The zero-order valence-electron chi connectivity index (χ0n) is 7.24. The molecule has 0 bridgehead atoms. The minimum atomic E-state index is -0.470. The summed E-state index contributed by atoms with van der Waals surface area (Å²) in [7, 11) is 0. The molecular formula is C9H9Br2FO. The number of benzene rings is 1. The Morgan fingerprint density at radius 2 is 1.92 bits per heavy atom. The Morgan fingerprint density at radius 3 is 2.38 bits per heavy atom. The quantitative estimate of drug-likeness (QED) is 0.771. The number of phenols is 1. The Hall–Kier alpha value is -0.0900. The zero-order chi connectivity index (χ0) is 10.2. The van der Waals surface area contributed by atoms with Crippen LogP contribution in [0.1, 0.15) is 25.3 Å². The second kappa shape index (κ2) is 3.96. The summed E-state index contributed by atoms with van der Waals surface area (Å²) in [5.74, 6) is -0.328. The summed E-state index contributed by atoms with van der Waals surface area (Å²) >= 11 is 6.08. The number of phenolic OH excluding ortho intramolecular Hbond substituents is 1. The third kappa shape index (κ3) is 2.05. The van der Waals surface area contributed by atoms with Crippen molar-refractivity contribution in [3.8, 4) is 5.75 Å². The van der Waals surface area contributed by atoms with Crippen molar-refractivity contribution in [2.75, 3.05) is 0 Å². The smallest absolute Gasteiger partial charge is 0.155 e. The fraction of sp³-hybridized carbons (Fsp3) is 0.333. The maximum Gasteiger partial charge on any atom is 0.155 e. The number of hydrogen-bond donors (Lipinski definition) is 1. The molecule has 13 heavy (non-hydrogen) atoms. The van der Waals surface area contributed by atoms with Gasteiger partial charge in [-0.05, 0) is 49.4 Å². The predicted octanol–water partition coefficient (Wildman–Crippen LogP) is 4.18. The van der Waals surface area contributed by atoms with E-state index in [2.05, 4.69) is 31.9 Å². The largest absolute Gasteiger partial charge is 0.506 e. The molecule has 4 heteroatoms. The van der Waals surface area contributed by atoms with Crippen molar-refractivity contribution < 1.29 is 9.50 Å². The van der Waals surface area contributed by atoms with E-state index in [4.69, 9.17) is 0 Å². The van der Waals surface area contributed by atoms with Gasteiger partial charge >= 0.3 is 0 Å². The topological polar surface area (TPSA) is 20.2 Å². The molecule has 0 spiro atoms. The van der Waals surface area contributed by atoms with Crippen molar-refractivity contribution >= 4 is 31.9 Å². The highest BCUT2D eigenvalue weighted by Crippen LogP contribution is 2.38. The summed E-state index contributed by atoms with van der Waals surface area (Å²) in [6.45, 7) is 3.87. The van der Waals surface area contributed by atoms with Gasteiger partial charge in [-0.2, -0.15) is 0 Å². The summed E-state index contributed by atoms with van der Waals surface area (Å²) in [5.41, 5.74) is 0.722. The minimum absolute atomic E-state index is 0.0179. The van der Waals surface area contributed by atoms with Crippen LogP contribution in [-0.2, 0) is 0 Å². The van der Waals surface area contributed by atoms with Gasteiger partial charge in [-0.25, -0.2) is 4.39 Å². The van der Waals surface area contributed by atoms with Crippen LogP contribution in [0.4, 0.5) is 4.39 Å². The van der Waals surface area contributed by atoms with Gasteiger partial charge in [-0.15, -0.1) is 0 Å². The molecule has 1 N–H and O–H groups in total. The first kappa shape index (κ1) is 11.0. The van der Waals surface area contributed by atoms with Gasteiger partial charge in [-0.1, -0.05) is 13.8 Å². The molecule has 0 atom stereocenters. The lowest BCUT2D eigenvalue weighted by Gasteiger charge is -2.11. The lowest BCUT2D eigenvalue weighted by molar-refractivity contribution is 0.453. The van der Waals surface area contributed by atoms with Gasteiger partial charge in [0.15, 0.2) is 5.82 Å². The summed E-state index contributed by atoms with van der Waals surface area (Å²) in [4.78, 5) is 0. The molecule has 0 aliphatic carbocycles. The van der Waals surface area contributed by atoms with Gasteiger partial charge < -0.3 is 5.11 Å². The third-order valence-electron chi connectivity index (χ3n) is 1.79. The SMILES string of the molecule is CC(C)c1cc(Br)c(F)c(Br)c1O. The van der Waals surface area contributed by atoms with Crippen molar-refractivity contribution in [3.63, 3.8) is 0 Å². The van der Waals surface area contributed by atoms with Crippen LogP contribution in [0.2, 0.25) is 0 Å². The lowest BCUT2D eigenvalue weighted by Crippen LogP contribution is -1.92. The van der Waals surface area contributed by atoms with E-state index in [1.807, 2.05) is 13.8 Å². The lowest BCUT2D eigenvalue weighted by atomic mass is 10.0. The number of halogens is 3. The van der Waals surface area contributed by atoms with Crippen LogP contribution < -0.4 is 0 Å². The Bertz CT molecular complexity index is 337.